The summed E-state index contributed by atoms with van der Waals surface area (Å²) in [6.07, 6.45) is 0. The molecular formula is C25H21FN2O3. The number of amides is 2. The van der Waals surface area contributed by atoms with Crippen molar-refractivity contribution in [3.63, 3.8) is 0 Å². The van der Waals surface area contributed by atoms with Crippen molar-refractivity contribution in [2.24, 2.45) is 0 Å². The van der Waals surface area contributed by atoms with Crippen LogP contribution in [0.1, 0.15) is 16.7 Å². The van der Waals surface area contributed by atoms with Crippen molar-refractivity contribution in [1.29, 1.82) is 0 Å². The molecule has 3 aromatic carbocycles. The number of halogens is 1. The van der Waals surface area contributed by atoms with Crippen LogP contribution in [0.5, 0.6) is 5.75 Å². The molecule has 6 heteroatoms. The zero-order valence-corrected chi connectivity index (χ0v) is 17.2. The number of hydrogen-bond donors (Lipinski definition) is 1. The van der Waals surface area contributed by atoms with Crippen molar-refractivity contribution in [2.45, 2.75) is 13.5 Å². The minimum atomic E-state index is -0.446. The van der Waals surface area contributed by atoms with Crippen LogP contribution in [0.4, 0.5) is 10.1 Å². The van der Waals surface area contributed by atoms with Gasteiger partial charge in [0, 0.05) is 11.3 Å². The fourth-order valence-electron chi connectivity index (χ4n) is 3.56. The first-order chi connectivity index (χ1) is 15.0. The lowest BCUT2D eigenvalue weighted by Crippen LogP contribution is -2.32. The Hall–Kier alpha value is -3.93. The van der Waals surface area contributed by atoms with E-state index < -0.39 is 11.8 Å². The van der Waals surface area contributed by atoms with Gasteiger partial charge in [-0.2, -0.15) is 0 Å². The molecular weight excluding hydrogens is 395 g/mol. The smallest absolute Gasteiger partial charge is 0.278 e. The summed E-state index contributed by atoms with van der Waals surface area (Å²) in [6.45, 7) is 1.96. The molecule has 0 spiro atoms. The van der Waals surface area contributed by atoms with Crippen molar-refractivity contribution in [2.75, 3.05) is 12.4 Å². The number of hydrogen-bond acceptors (Lipinski definition) is 4. The van der Waals surface area contributed by atoms with Crippen molar-refractivity contribution in [3.8, 4) is 5.75 Å². The number of imide groups is 1. The number of methoxy groups -OCH3 is 1. The molecule has 0 atom stereocenters. The summed E-state index contributed by atoms with van der Waals surface area (Å²) in [5, 5.41) is 3.17. The molecule has 4 rings (SSSR count). The minimum Gasteiger partial charge on any atom is -0.496 e. The van der Waals surface area contributed by atoms with Crippen LogP contribution in [0, 0.1) is 12.7 Å². The average molecular weight is 416 g/mol. The fourth-order valence-corrected chi connectivity index (χ4v) is 3.56. The molecule has 1 heterocycles. The summed E-state index contributed by atoms with van der Waals surface area (Å²) < 4.78 is 18.7. The number of benzene rings is 3. The van der Waals surface area contributed by atoms with Gasteiger partial charge < -0.3 is 10.1 Å². The first-order valence-electron chi connectivity index (χ1n) is 9.80. The van der Waals surface area contributed by atoms with Crippen LogP contribution in [0.25, 0.3) is 5.57 Å². The van der Waals surface area contributed by atoms with Crippen LogP contribution in [0.15, 0.2) is 78.5 Å². The first-order valence-corrected chi connectivity index (χ1v) is 9.80. The zero-order valence-electron chi connectivity index (χ0n) is 17.2. The van der Waals surface area contributed by atoms with Gasteiger partial charge in [-0.15, -0.1) is 0 Å². The second kappa shape index (κ2) is 8.44. The Balaban J connectivity index is 1.79. The molecule has 3 aromatic rings. The number of anilines is 1. The van der Waals surface area contributed by atoms with Crippen LogP contribution in [0.2, 0.25) is 0 Å². The first kappa shape index (κ1) is 20.3. The third-order valence-electron chi connectivity index (χ3n) is 5.20. The molecule has 0 unspecified atom stereocenters. The van der Waals surface area contributed by atoms with E-state index in [-0.39, 0.29) is 23.6 Å². The highest BCUT2D eigenvalue weighted by Crippen LogP contribution is 2.36. The van der Waals surface area contributed by atoms with Crippen LogP contribution < -0.4 is 10.1 Å². The molecule has 5 nitrogen and oxygen atoms in total. The summed E-state index contributed by atoms with van der Waals surface area (Å²) in [4.78, 5) is 27.9. The standard InChI is InChI=1S/C25H21FN2O3/c1-16-7-3-5-9-20(16)27-23-22(19-8-4-6-10-21(19)31-2)24(29)28(25(23)30)15-17-11-13-18(26)14-12-17/h3-14,27H,15H2,1-2H3. The lowest BCUT2D eigenvalue weighted by atomic mass is 10.0. The summed E-state index contributed by atoms with van der Waals surface area (Å²) in [5.41, 5.74) is 3.28. The highest BCUT2D eigenvalue weighted by Gasteiger charge is 2.40. The van der Waals surface area contributed by atoms with Gasteiger partial charge in [-0.05, 0) is 42.3 Å². The van der Waals surface area contributed by atoms with Gasteiger partial charge in [0.25, 0.3) is 11.8 Å². The number of carbonyl (C=O) groups is 2. The van der Waals surface area contributed by atoms with Gasteiger partial charge in [0.05, 0.1) is 19.2 Å². The van der Waals surface area contributed by atoms with Gasteiger partial charge in [0.1, 0.15) is 17.3 Å². The Morgan fingerprint density at radius 2 is 1.58 bits per heavy atom. The molecule has 0 saturated carbocycles. The number of nitrogens with one attached hydrogen (secondary N) is 1. The second-order valence-corrected chi connectivity index (χ2v) is 7.21. The maximum absolute atomic E-state index is 13.4. The molecule has 0 aliphatic carbocycles. The summed E-state index contributed by atoms with van der Waals surface area (Å²) >= 11 is 0. The summed E-state index contributed by atoms with van der Waals surface area (Å²) in [6, 6.07) is 20.3. The van der Waals surface area contributed by atoms with E-state index in [0.717, 1.165) is 16.2 Å². The van der Waals surface area contributed by atoms with Crippen LogP contribution in [0.3, 0.4) is 0 Å². The van der Waals surface area contributed by atoms with E-state index in [1.54, 1.807) is 36.4 Å². The Morgan fingerprint density at radius 1 is 0.903 bits per heavy atom. The number of rotatable bonds is 6. The van der Waals surface area contributed by atoms with E-state index in [9.17, 15) is 14.0 Å². The van der Waals surface area contributed by atoms with Crippen LogP contribution >= 0.6 is 0 Å². The van der Waals surface area contributed by atoms with E-state index in [0.29, 0.717) is 16.9 Å². The summed E-state index contributed by atoms with van der Waals surface area (Å²) in [5.74, 6) is -0.766. The van der Waals surface area contributed by atoms with Gasteiger partial charge in [0.2, 0.25) is 0 Å². The normalized spacial score (nSPS) is 13.7. The molecule has 0 radical (unpaired) electrons. The SMILES string of the molecule is COc1ccccc1C1=C(Nc2ccccc2C)C(=O)N(Cc2ccc(F)cc2)C1=O. The highest BCUT2D eigenvalue weighted by atomic mass is 19.1. The number of aryl methyl sites for hydroxylation is 1. The molecule has 31 heavy (non-hydrogen) atoms. The molecule has 0 saturated heterocycles. The monoisotopic (exact) mass is 416 g/mol. The van der Waals surface area contributed by atoms with Crippen molar-refractivity contribution in [1.82, 2.24) is 4.90 Å². The molecule has 0 bridgehead atoms. The number of para-hydroxylation sites is 2. The predicted molar refractivity (Wildman–Crippen MR) is 117 cm³/mol. The molecule has 0 aromatic heterocycles. The van der Waals surface area contributed by atoms with E-state index in [2.05, 4.69) is 5.32 Å². The van der Waals surface area contributed by atoms with Gasteiger partial charge >= 0.3 is 0 Å². The van der Waals surface area contributed by atoms with Crippen molar-refractivity contribution in [3.05, 3.63) is 101 Å². The molecule has 1 aliphatic rings. The predicted octanol–water partition coefficient (Wildman–Crippen LogP) is 4.53. The molecule has 156 valence electrons. The molecule has 0 fully saturated rings. The van der Waals surface area contributed by atoms with E-state index in [4.69, 9.17) is 4.74 Å². The quantitative estimate of drug-likeness (QED) is 0.600. The summed E-state index contributed by atoms with van der Waals surface area (Å²) in [7, 11) is 1.52. The van der Waals surface area contributed by atoms with Gasteiger partial charge in [-0.3, -0.25) is 14.5 Å². The lowest BCUT2D eigenvalue weighted by Gasteiger charge is -2.16. The lowest BCUT2D eigenvalue weighted by molar-refractivity contribution is -0.137. The second-order valence-electron chi connectivity index (χ2n) is 7.21. The third kappa shape index (κ3) is 3.92. The highest BCUT2D eigenvalue weighted by molar-refractivity contribution is 6.37. The maximum Gasteiger partial charge on any atom is 0.278 e. The number of carbonyl (C=O) groups excluding carboxylic acids is 2. The van der Waals surface area contributed by atoms with Crippen molar-refractivity contribution < 1.29 is 18.7 Å². The maximum atomic E-state index is 13.4. The fraction of sp³-hybridized carbons (Fsp3) is 0.120. The van der Waals surface area contributed by atoms with E-state index in [1.807, 2.05) is 31.2 Å². The van der Waals surface area contributed by atoms with Crippen LogP contribution in [-0.2, 0) is 16.1 Å². The van der Waals surface area contributed by atoms with Crippen molar-refractivity contribution >= 4 is 23.1 Å². The van der Waals surface area contributed by atoms with Crippen LogP contribution in [-0.4, -0.2) is 23.8 Å². The molecule has 2 amide bonds. The third-order valence-corrected chi connectivity index (χ3v) is 5.20. The van der Waals surface area contributed by atoms with E-state index in [1.165, 1.54) is 19.2 Å². The Labute approximate surface area is 179 Å². The number of ether oxygens (including phenoxy) is 1. The largest absolute Gasteiger partial charge is 0.496 e. The Kier molecular flexibility index (Phi) is 5.54. The minimum absolute atomic E-state index is 0.0372. The topological polar surface area (TPSA) is 58.6 Å². The molecule has 1 N–H and O–H groups in total. The average Bonchev–Trinajstić information content (AvgIpc) is 3.01. The Morgan fingerprint density at radius 3 is 2.29 bits per heavy atom. The van der Waals surface area contributed by atoms with Gasteiger partial charge in [-0.1, -0.05) is 48.5 Å². The number of nitrogens with zero attached hydrogens (tertiary/aromatic N) is 1. The molecule has 1 aliphatic heterocycles. The zero-order chi connectivity index (χ0) is 22.0. The Bertz CT molecular complexity index is 1190. The van der Waals surface area contributed by atoms with E-state index >= 15 is 0 Å². The van der Waals surface area contributed by atoms with Gasteiger partial charge in [0.15, 0.2) is 0 Å². The van der Waals surface area contributed by atoms with Gasteiger partial charge in [-0.25, -0.2) is 4.39 Å².